The summed E-state index contributed by atoms with van der Waals surface area (Å²) in [6, 6.07) is 15.3. The van der Waals surface area contributed by atoms with E-state index in [0.29, 0.717) is 13.0 Å². The highest BCUT2D eigenvalue weighted by Gasteiger charge is 2.21. The summed E-state index contributed by atoms with van der Waals surface area (Å²) in [7, 11) is 1.78. The van der Waals surface area contributed by atoms with E-state index in [-0.39, 0.29) is 11.9 Å². The summed E-state index contributed by atoms with van der Waals surface area (Å²) in [5, 5.41) is 2.89. The molecular formula is C20H23N3O2. The van der Waals surface area contributed by atoms with Crippen molar-refractivity contribution in [2.45, 2.75) is 26.3 Å². The van der Waals surface area contributed by atoms with E-state index in [2.05, 4.69) is 5.32 Å². The van der Waals surface area contributed by atoms with Gasteiger partial charge in [0.2, 0.25) is 5.91 Å². The molecule has 0 unspecified atom stereocenters. The molecule has 0 bridgehead atoms. The average Bonchev–Trinajstić information content (AvgIpc) is 3.03. The Kier molecular flexibility index (Phi) is 5.03. The minimum absolute atomic E-state index is 0.159. The van der Waals surface area contributed by atoms with Crippen LogP contribution in [0.15, 0.2) is 48.5 Å². The maximum atomic E-state index is 12.4. The van der Waals surface area contributed by atoms with Gasteiger partial charge in [-0.05, 0) is 48.7 Å². The van der Waals surface area contributed by atoms with Crippen molar-refractivity contribution in [1.82, 2.24) is 4.90 Å². The molecule has 1 heterocycles. The SMILES string of the molecule is Cc1ccccc1CN(C)C(=O)Nc1ccc(N2CCCC2=O)cc1. The Hall–Kier alpha value is -2.82. The number of aryl methyl sites for hydroxylation is 1. The summed E-state index contributed by atoms with van der Waals surface area (Å²) in [6.07, 6.45) is 1.52. The van der Waals surface area contributed by atoms with Crippen LogP contribution in [0.2, 0.25) is 0 Å². The van der Waals surface area contributed by atoms with E-state index in [0.717, 1.165) is 29.9 Å². The second-order valence-corrected chi connectivity index (χ2v) is 6.41. The molecule has 5 heteroatoms. The lowest BCUT2D eigenvalue weighted by atomic mass is 10.1. The number of anilines is 2. The minimum atomic E-state index is -0.159. The molecule has 3 rings (SSSR count). The van der Waals surface area contributed by atoms with Gasteiger partial charge in [0.1, 0.15) is 0 Å². The highest BCUT2D eigenvalue weighted by molar-refractivity contribution is 5.96. The lowest BCUT2D eigenvalue weighted by Gasteiger charge is -2.20. The number of benzene rings is 2. The van der Waals surface area contributed by atoms with Gasteiger partial charge in [0.15, 0.2) is 0 Å². The molecule has 1 N–H and O–H groups in total. The Bertz CT molecular complexity index is 771. The Balaban J connectivity index is 1.60. The van der Waals surface area contributed by atoms with Crippen molar-refractivity contribution < 1.29 is 9.59 Å². The fourth-order valence-electron chi connectivity index (χ4n) is 2.98. The van der Waals surface area contributed by atoms with E-state index in [1.807, 2.05) is 55.5 Å². The maximum Gasteiger partial charge on any atom is 0.321 e. The Morgan fingerprint density at radius 3 is 2.52 bits per heavy atom. The summed E-state index contributed by atoms with van der Waals surface area (Å²) < 4.78 is 0. The number of carbonyl (C=O) groups is 2. The van der Waals surface area contributed by atoms with Gasteiger partial charge in [0.25, 0.3) is 0 Å². The van der Waals surface area contributed by atoms with Crippen LogP contribution in [0.5, 0.6) is 0 Å². The van der Waals surface area contributed by atoms with Gasteiger partial charge in [-0.2, -0.15) is 0 Å². The first-order valence-corrected chi connectivity index (χ1v) is 8.51. The van der Waals surface area contributed by atoms with E-state index in [4.69, 9.17) is 0 Å². The molecule has 25 heavy (non-hydrogen) atoms. The zero-order valence-corrected chi connectivity index (χ0v) is 14.7. The molecule has 2 aromatic rings. The summed E-state index contributed by atoms with van der Waals surface area (Å²) in [6.45, 7) is 3.36. The van der Waals surface area contributed by atoms with Crippen LogP contribution < -0.4 is 10.2 Å². The van der Waals surface area contributed by atoms with Gasteiger partial charge in [-0.3, -0.25) is 4.79 Å². The van der Waals surface area contributed by atoms with Crippen molar-refractivity contribution in [1.29, 1.82) is 0 Å². The fraction of sp³-hybridized carbons (Fsp3) is 0.300. The first-order chi connectivity index (χ1) is 12.0. The van der Waals surface area contributed by atoms with Crippen molar-refractivity contribution in [3.05, 3.63) is 59.7 Å². The molecule has 5 nitrogen and oxygen atoms in total. The number of urea groups is 1. The predicted molar refractivity (Wildman–Crippen MR) is 99.7 cm³/mol. The van der Waals surface area contributed by atoms with Crippen LogP contribution in [0.3, 0.4) is 0 Å². The number of rotatable bonds is 4. The Morgan fingerprint density at radius 1 is 1.16 bits per heavy atom. The summed E-state index contributed by atoms with van der Waals surface area (Å²) in [5.41, 5.74) is 3.90. The van der Waals surface area contributed by atoms with Crippen LogP contribution in [0.25, 0.3) is 0 Å². The third-order valence-corrected chi connectivity index (χ3v) is 4.52. The maximum absolute atomic E-state index is 12.4. The minimum Gasteiger partial charge on any atom is -0.323 e. The molecule has 0 saturated carbocycles. The number of hydrogen-bond acceptors (Lipinski definition) is 2. The molecular weight excluding hydrogens is 314 g/mol. The third kappa shape index (κ3) is 3.99. The molecule has 1 saturated heterocycles. The molecule has 0 atom stereocenters. The highest BCUT2D eigenvalue weighted by Crippen LogP contribution is 2.23. The van der Waals surface area contributed by atoms with Crippen molar-refractivity contribution >= 4 is 23.3 Å². The first-order valence-electron chi connectivity index (χ1n) is 8.51. The van der Waals surface area contributed by atoms with E-state index >= 15 is 0 Å². The number of nitrogens with one attached hydrogen (secondary N) is 1. The topological polar surface area (TPSA) is 52.7 Å². The summed E-state index contributed by atoms with van der Waals surface area (Å²) >= 11 is 0. The van der Waals surface area contributed by atoms with Gasteiger partial charge >= 0.3 is 6.03 Å². The lowest BCUT2D eigenvalue weighted by Crippen LogP contribution is -2.31. The van der Waals surface area contributed by atoms with Crippen LogP contribution >= 0.6 is 0 Å². The monoisotopic (exact) mass is 337 g/mol. The third-order valence-electron chi connectivity index (χ3n) is 4.52. The van der Waals surface area contributed by atoms with E-state index in [9.17, 15) is 9.59 Å². The van der Waals surface area contributed by atoms with Crippen molar-refractivity contribution in [3.63, 3.8) is 0 Å². The van der Waals surface area contributed by atoms with Crippen molar-refractivity contribution in [2.24, 2.45) is 0 Å². The van der Waals surface area contributed by atoms with Crippen molar-refractivity contribution in [3.8, 4) is 0 Å². The molecule has 0 aliphatic carbocycles. The predicted octanol–water partition coefficient (Wildman–Crippen LogP) is 3.79. The summed E-state index contributed by atoms with van der Waals surface area (Å²) in [4.78, 5) is 27.6. The van der Waals surface area contributed by atoms with Crippen LogP contribution in [0, 0.1) is 6.92 Å². The zero-order valence-electron chi connectivity index (χ0n) is 14.7. The normalized spacial score (nSPS) is 13.8. The average molecular weight is 337 g/mol. The molecule has 0 radical (unpaired) electrons. The smallest absolute Gasteiger partial charge is 0.321 e. The largest absolute Gasteiger partial charge is 0.323 e. The number of amides is 3. The first kappa shape index (κ1) is 17.0. The molecule has 0 spiro atoms. The van der Waals surface area contributed by atoms with E-state index < -0.39 is 0 Å². The molecule has 1 aliphatic heterocycles. The molecule has 2 aromatic carbocycles. The van der Waals surface area contributed by atoms with E-state index in [1.165, 1.54) is 5.56 Å². The van der Waals surface area contributed by atoms with Crippen LogP contribution in [-0.4, -0.2) is 30.4 Å². The van der Waals surface area contributed by atoms with Gasteiger partial charge in [0.05, 0.1) is 0 Å². The molecule has 1 fully saturated rings. The fourth-order valence-corrected chi connectivity index (χ4v) is 2.98. The number of nitrogens with zero attached hydrogens (tertiary/aromatic N) is 2. The molecule has 0 aromatic heterocycles. The van der Waals surface area contributed by atoms with Gasteiger partial charge < -0.3 is 15.1 Å². The standard InChI is InChI=1S/C20H23N3O2/c1-15-6-3-4-7-16(15)14-22(2)20(25)21-17-9-11-18(12-10-17)23-13-5-8-19(23)24/h3-4,6-7,9-12H,5,8,13-14H2,1-2H3,(H,21,25). The second-order valence-electron chi connectivity index (χ2n) is 6.41. The number of hydrogen-bond donors (Lipinski definition) is 1. The van der Waals surface area contributed by atoms with Gasteiger partial charge in [-0.25, -0.2) is 4.79 Å². The molecule has 130 valence electrons. The highest BCUT2D eigenvalue weighted by atomic mass is 16.2. The van der Waals surface area contributed by atoms with Crippen LogP contribution in [-0.2, 0) is 11.3 Å². The Labute approximate surface area is 148 Å². The van der Waals surface area contributed by atoms with Gasteiger partial charge in [0, 0.05) is 37.9 Å². The second kappa shape index (κ2) is 7.38. The zero-order chi connectivity index (χ0) is 17.8. The van der Waals surface area contributed by atoms with Crippen LogP contribution in [0.1, 0.15) is 24.0 Å². The summed E-state index contributed by atoms with van der Waals surface area (Å²) in [5.74, 6) is 0.162. The van der Waals surface area contributed by atoms with E-state index in [1.54, 1.807) is 16.8 Å². The van der Waals surface area contributed by atoms with Crippen LogP contribution in [0.4, 0.5) is 16.2 Å². The molecule has 1 aliphatic rings. The quantitative estimate of drug-likeness (QED) is 0.923. The Morgan fingerprint density at radius 2 is 1.88 bits per heavy atom. The lowest BCUT2D eigenvalue weighted by molar-refractivity contribution is -0.117. The van der Waals surface area contributed by atoms with Gasteiger partial charge in [-0.15, -0.1) is 0 Å². The van der Waals surface area contributed by atoms with Crippen molar-refractivity contribution in [2.75, 3.05) is 23.8 Å². The van der Waals surface area contributed by atoms with Gasteiger partial charge in [-0.1, -0.05) is 24.3 Å². The molecule has 3 amide bonds. The number of carbonyl (C=O) groups excluding carboxylic acids is 2.